The van der Waals surface area contributed by atoms with Crippen LogP contribution in [0.1, 0.15) is 6.42 Å². The summed E-state index contributed by atoms with van der Waals surface area (Å²) in [6, 6.07) is 6.72. The van der Waals surface area contributed by atoms with Gasteiger partial charge in [-0.3, -0.25) is 19.3 Å². The number of nitrogens with one attached hydrogen (secondary N) is 1. The summed E-state index contributed by atoms with van der Waals surface area (Å²) in [7, 11) is 1.49. The Kier molecular flexibility index (Phi) is 6.53. The number of hydrogen-bond acceptors (Lipinski definition) is 5. The van der Waals surface area contributed by atoms with Gasteiger partial charge in [-0.05, 0) is 29.3 Å². The van der Waals surface area contributed by atoms with Crippen LogP contribution < -0.4 is 10.2 Å². The van der Waals surface area contributed by atoms with Crippen molar-refractivity contribution in [3.05, 3.63) is 53.0 Å². The van der Waals surface area contributed by atoms with Crippen LogP contribution in [-0.4, -0.2) is 53.3 Å². The minimum atomic E-state index is -1.38. The molecular formula is C20H18ClN3O5S. The number of benzene rings is 1. The number of carbonyl (C=O) groups excluding carboxylic acids is 3. The average molecular weight is 448 g/mol. The summed E-state index contributed by atoms with van der Waals surface area (Å²) in [4.78, 5) is 51.1. The fraction of sp³-hybridized carbons (Fsp3) is 0.200. The van der Waals surface area contributed by atoms with Gasteiger partial charge in [0.15, 0.2) is 11.8 Å². The molecule has 0 aliphatic carbocycles. The van der Waals surface area contributed by atoms with E-state index in [0.717, 1.165) is 16.0 Å². The SMILES string of the molecule is CN1C=CC(=O)[C@H](N(C(=O)NCCC(=O)O)c2cc(-c3cccc(Cl)c3)cs2)C1=O. The molecule has 0 unspecified atom stereocenters. The predicted octanol–water partition coefficient (Wildman–Crippen LogP) is 2.98. The quantitative estimate of drug-likeness (QED) is 0.662. The van der Waals surface area contributed by atoms with E-state index in [1.807, 2.05) is 6.07 Å². The zero-order valence-corrected chi connectivity index (χ0v) is 17.4. The molecule has 3 amide bonds. The van der Waals surface area contributed by atoms with Gasteiger partial charge in [0.2, 0.25) is 0 Å². The van der Waals surface area contributed by atoms with Crippen molar-refractivity contribution in [3.63, 3.8) is 0 Å². The zero-order chi connectivity index (χ0) is 21.8. The Morgan fingerprint density at radius 1 is 1.27 bits per heavy atom. The number of carboxylic acids is 1. The molecule has 1 aliphatic rings. The topological polar surface area (TPSA) is 107 Å². The van der Waals surface area contributed by atoms with Crippen molar-refractivity contribution in [2.45, 2.75) is 12.5 Å². The number of hydrogen-bond donors (Lipinski definition) is 2. The number of anilines is 1. The number of thiophene rings is 1. The van der Waals surface area contributed by atoms with Gasteiger partial charge in [-0.15, -0.1) is 11.3 Å². The smallest absolute Gasteiger partial charge is 0.323 e. The second kappa shape index (κ2) is 9.10. The molecule has 8 nitrogen and oxygen atoms in total. The summed E-state index contributed by atoms with van der Waals surface area (Å²) >= 11 is 7.24. The zero-order valence-electron chi connectivity index (χ0n) is 15.9. The summed E-state index contributed by atoms with van der Waals surface area (Å²) in [5.74, 6) is -2.17. The van der Waals surface area contributed by atoms with Gasteiger partial charge in [0.1, 0.15) is 5.00 Å². The third-order valence-corrected chi connectivity index (χ3v) is 5.55. The Morgan fingerprint density at radius 2 is 2.03 bits per heavy atom. The molecule has 0 radical (unpaired) electrons. The number of ketones is 1. The fourth-order valence-electron chi connectivity index (χ4n) is 2.88. The summed E-state index contributed by atoms with van der Waals surface area (Å²) in [6.45, 7) is -0.141. The van der Waals surface area contributed by atoms with E-state index in [1.54, 1.807) is 29.6 Å². The van der Waals surface area contributed by atoms with Crippen LogP contribution in [0.2, 0.25) is 5.02 Å². The molecule has 2 N–H and O–H groups in total. The van der Waals surface area contributed by atoms with Crippen LogP contribution in [0, 0.1) is 0 Å². The van der Waals surface area contributed by atoms with E-state index in [4.69, 9.17) is 16.7 Å². The van der Waals surface area contributed by atoms with E-state index in [0.29, 0.717) is 10.0 Å². The van der Waals surface area contributed by atoms with Gasteiger partial charge in [0.25, 0.3) is 5.91 Å². The first-order valence-electron chi connectivity index (χ1n) is 8.90. The number of aliphatic carboxylic acids is 1. The van der Waals surface area contributed by atoms with E-state index < -0.39 is 29.7 Å². The Bertz CT molecular complexity index is 1030. The van der Waals surface area contributed by atoms with Crippen LogP contribution in [0.3, 0.4) is 0 Å². The molecule has 2 aromatic rings. The van der Waals surface area contributed by atoms with E-state index in [9.17, 15) is 19.2 Å². The minimum absolute atomic E-state index is 0.141. The van der Waals surface area contributed by atoms with E-state index in [1.165, 1.54) is 35.6 Å². The van der Waals surface area contributed by atoms with Gasteiger partial charge >= 0.3 is 12.0 Å². The number of rotatable bonds is 6. The van der Waals surface area contributed by atoms with Crippen LogP contribution in [0.4, 0.5) is 9.80 Å². The van der Waals surface area contributed by atoms with E-state index >= 15 is 0 Å². The Morgan fingerprint density at radius 3 is 2.73 bits per heavy atom. The van der Waals surface area contributed by atoms with Crippen molar-refractivity contribution in [3.8, 4) is 11.1 Å². The minimum Gasteiger partial charge on any atom is -0.481 e. The second-order valence-electron chi connectivity index (χ2n) is 6.50. The van der Waals surface area contributed by atoms with Crippen LogP contribution in [0.25, 0.3) is 11.1 Å². The number of halogens is 1. The van der Waals surface area contributed by atoms with Gasteiger partial charge in [-0.1, -0.05) is 23.7 Å². The molecule has 30 heavy (non-hydrogen) atoms. The van der Waals surface area contributed by atoms with Crippen molar-refractivity contribution < 1.29 is 24.3 Å². The van der Waals surface area contributed by atoms with Gasteiger partial charge in [0, 0.05) is 36.3 Å². The molecule has 0 bridgehead atoms. The van der Waals surface area contributed by atoms with Gasteiger partial charge in [0.05, 0.1) is 6.42 Å². The molecule has 156 valence electrons. The maximum Gasteiger partial charge on any atom is 0.323 e. The second-order valence-corrected chi connectivity index (χ2v) is 7.83. The first-order valence-corrected chi connectivity index (χ1v) is 10.2. The van der Waals surface area contributed by atoms with Gasteiger partial charge in [-0.2, -0.15) is 0 Å². The summed E-state index contributed by atoms with van der Waals surface area (Å²) in [5, 5.41) is 14.0. The highest BCUT2D eigenvalue weighted by Crippen LogP contribution is 2.34. The normalized spacial score (nSPS) is 15.9. The fourth-order valence-corrected chi connectivity index (χ4v) is 4.02. The molecule has 10 heteroatoms. The van der Waals surface area contributed by atoms with E-state index in [2.05, 4.69) is 5.32 Å². The lowest BCUT2D eigenvalue weighted by Crippen LogP contribution is -2.57. The first-order chi connectivity index (χ1) is 14.3. The molecule has 1 aromatic heterocycles. The molecule has 3 rings (SSSR count). The lowest BCUT2D eigenvalue weighted by Gasteiger charge is -2.32. The largest absolute Gasteiger partial charge is 0.481 e. The molecule has 1 aromatic carbocycles. The number of nitrogens with zero attached hydrogens (tertiary/aromatic N) is 2. The maximum absolute atomic E-state index is 12.9. The Labute approximate surface area is 181 Å². The summed E-state index contributed by atoms with van der Waals surface area (Å²) in [6.07, 6.45) is 2.28. The Balaban J connectivity index is 1.96. The van der Waals surface area contributed by atoms with Gasteiger partial charge < -0.3 is 15.3 Å². The molecule has 2 heterocycles. The van der Waals surface area contributed by atoms with Crippen molar-refractivity contribution in [1.29, 1.82) is 0 Å². The van der Waals surface area contributed by atoms with Crippen LogP contribution in [-0.2, 0) is 14.4 Å². The third-order valence-electron chi connectivity index (χ3n) is 4.39. The van der Waals surface area contributed by atoms with Crippen molar-refractivity contribution >= 4 is 51.6 Å². The van der Waals surface area contributed by atoms with Crippen molar-refractivity contribution in [1.82, 2.24) is 10.2 Å². The van der Waals surface area contributed by atoms with Crippen LogP contribution >= 0.6 is 22.9 Å². The van der Waals surface area contributed by atoms with Crippen molar-refractivity contribution in [2.24, 2.45) is 0 Å². The molecular weight excluding hydrogens is 430 g/mol. The number of urea groups is 1. The number of carbonyl (C=O) groups is 4. The predicted molar refractivity (Wildman–Crippen MR) is 114 cm³/mol. The summed E-state index contributed by atoms with van der Waals surface area (Å²) < 4.78 is 0. The summed E-state index contributed by atoms with van der Waals surface area (Å²) in [5.41, 5.74) is 1.58. The van der Waals surface area contributed by atoms with E-state index in [-0.39, 0.29) is 13.0 Å². The number of likely N-dealkylation sites (N-methyl/N-ethyl adjacent to an activating group) is 1. The monoisotopic (exact) mass is 447 g/mol. The number of carboxylic acid groups (broad SMARTS) is 1. The highest BCUT2D eigenvalue weighted by molar-refractivity contribution is 7.14. The molecule has 1 aliphatic heterocycles. The lowest BCUT2D eigenvalue weighted by molar-refractivity contribution is -0.137. The first kappa shape index (κ1) is 21.5. The number of amides is 3. The highest BCUT2D eigenvalue weighted by Gasteiger charge is 2.40. The third kappa shape index (κ3) is 4.69. The molecule has 1 atom stereocenters. The standard InChI is InChI=1S/C20H18ClN3O5S/c1-23-8-6-15(25)18(19(23)28)24(20(29)22-7-5-17(26)27)16-10-13(11-30-16)12-3-2-4-14(21)9-12/h2-4,6,8-11,18H,5,7H2,1H3,(H,22,29)(H,26,27)/t18-/m0/s1. The average Bonchev–Trinajstić information content (AvgIpc) is 3.17. The van der Waals surface area contributed by atoms with Crippen molar-refractivity contribution in [2.75, 3.05) is 18.5 Å². The van der Waals surface area contributed by atoms with Crippen LogP contribution in [0.15, 0.2) is 48.0 Å². The molecule has 0 spiro atoms. The van der Waals surface area contributed by atoms with Crippen LogP contribution in [0.5, 0.6) is 0 Å². The molecule has 0 saturated carbocycles. The highest BCUT2D eigenvalue weighted by atomic mass is 35.5. The Hall–Kier alpha value is -3.17. The molecule has 0 fully saturated rings. The lowest BCUT2D eigenvalue weighted by atomic mass is 10.1. The maximum atomic E-state index is 12.9. The molecule has 0 saturated heterocycles. The van der Waals surface area contributed by atoms with Gasteiger partial charge in [-0.25, -0.2) is 4.79 Å².